The van der Waals surface area contributed by atoms with E-state index in [0.717, 1.165) is 25.7 Å². The largest absolute Gasteiger partial charge is 0.378 e. The lowest BCUT2D eigenvalue weighted by atomic mass is 10.0. The van der Waals surface area contributed by atoms with Gasteiger partial charge in [0.2, 0.25) is 0 Å². The molecule has 0 spiro atoms. The number of ether oxygens (including phenoxy) is 2. The van der Waals surface area contributed by atoms with E-state index in [4.69, 9.17) is 9.47 Å². The van der Waals surface area contributed by atoms with E-state index in [1.54, 1.807) is 0 Å². The van der Waals surface area contributed by atoms with Gasteiger partial charge in [0.1, 0.15) is 0 Å². The first-order valence-corrected chi connectivity index (χ1v) is 6.06. The fraction of sp³-hybridized carbons (Fsp3) is 1.00. The lowest BCUT2D eigenvalue weighted by molar-refractivity contribution is -0.0979. The first-order chi connectivity index (χ1) is 6.86. The van der Waals surface area contributed by atoms with Gasteiger partial charge < -0.3 is 9.47 Å². The molecule has 0 amide bonds. The van der Waals surface area contributed by atoms with Gasteiger partial charge in [0.05, 0.1) is 12.7 Å². The van der Waals surface area contributed by atoms with E-state index in [0.29, 0.717) is 6.10 Å². The Balaban J connectivity index is 1.95. The van der Waals surface area contributed by atoms with Crippen LogP contribution in [0.3, 0.4) is 0 Å². The molecule has 2 atom stereocenters. The van der Waals surface area contributed by atoms with Crippen molar-refractivity contribution in [3.63, 3.8) is 0 Å². The third-order valence-corrected chi connectivity index (χ3v) is 2.99. The summed E-state index contributed by atoms with van der Waals surface area (Å²) in [7, 11) is 0. The van der Waals surface area contributed by atoms with Crippen LogP contribution in [0, 0.1) is 5.92 Å². The summed E-state index contributed by atoms with van der Waals surface area (Å²) in [5.74, 6) is 0.759. The van der Waals surface area contributed by atoms with E-state index >= 15 is 0 Å². The average molecular weight is 200 g/mol. The van der Waals surface area contributed by atoms with Crippen molar-refractivity contribution in [2.24, 2.45) is 5.92 Å². The Morgan fingerprint density at radius 3 is 2.71 bits per heavy atom. The highest BCUT2D eigenvalue weighted by atomic mass is 16.5. The van der Waals surface area contributed by atoms with Crippen molar-refractivity contribution in [2.75, 3.05) is 19.8 Å². The third-order valence-electron chi connectivity index (χ3n) is 2.99. The average Bonchev–Trinajstić information content (AvgIpc) is 2.14. The van der Waals surface area contributed by atoms with E-state index in [9.17, 15) is 0 Å². The molecule has 2 heteroatoms. The Morgan fingerprint density at radius 1 is 1.43 bits per heavy atom. The van der Waals surface area contributed by atoms with Crippen LogP contribution in [0.1, 0.15) is 46.0 Å². The van der Waals surface area contributed by atoms with Crippen LogP contribution in [0.2, 0.25) is 0 Å². The van der Waals surface area contributed by atoms with Crippen molar-refractivity contribution in [3.8, 4) is 0 Å². The monoisotopic (exact) mass is 200 g/mol. The minimum absolute atomic E-state index is 0.402. The van der Waals surface area contributed by atoms with Crippen LogP contribution < -0.4 is 0 Å². The molecule has 1 fully saturated rings. The first-order valence-electron chi connectivity index (χ1n) is 6.06. The molecular formula is C12H24O2. The number of hydrogen-bond acceptors (Lipinski definition) is 2. The molecular weight excluding hydrogens is 176 g/mol. The second-order valence-corrected chi connectivity index (χ2v) is 4.24. The minimum atomic E-state index is 0.402. The van der Waals surface area contributed by atoms with Crippen LogP contribution >= 0.6 is 0 Å². The van der Waals surface area contributed by atoms with Crippen LogP contribution in [0.4, 0.5) is 0 Å². The summed E-state index contributed by atoms with van der Waals surface area (Å²) in [6.07, 6.45) is 6.78. The van der Waals surface area contributed by atoms with Gasteiger partial charge in [-0.1, -0.05) is 33.1 Å². The smallest absolute Gasteiger partial charge is 0.0830 e. The lowest BCUT2D eigenvalue weighted by Crippen LogP contribution is -2.32. The van der Waals surface area contributed by atoms with Crippen molar-refractivity contribution >= 4 is 0 Å². The molecule has 1 heterocycles. The highest BCUT2D eigenvalue weighted by molar-refractivity contribution is 4.65. The topological polar surface area (TPSA) is 18.5 Å². The molecule has 0 saturated carbocycles. The first kappa shape index (κ1) is 12.0. The van der Waals surface area contributed by atoms with Crippen molar-refractivity contribution in [1.82, 2.24) is 0 Å². The molecule has 1 aliphatic rings. The van der Waals surface area contributed by atoms with Gasteiger partial charge in [0.15, 0.2) is 0 Å². The molecule has 0 aliphatic carbocycles. The molecule has 2 unspecified atom stereocenters. The van der Waals surface area contributed by atoms with E-state index in [2.05, 4.69) is 13.8 Å². The molecule has 1 saturated heterocycles. The van der Waals surface area contributed by atoms with Crippen molar-refractivity contribution in [1.29, 1.82) is 0 Å². The zero-order valence-electron chi connectivity index (χ0n) is 9.63. The SMILES string of the molecule is CCCCC(CC)COCC1CCO1. The second kappa shape index (κ2) is 7.24. The number of unbranched alkanes of at least 4 members (excludes halogenated alkanes) is 1. The summed E-state index contributed by atoms with van der Waals surface area (Å²) in [5, 5.41) is 0. The van der Waals surface area contributed by atoms with Crippen molar-refractivity contribution in [2.45, 2.75) is 52.1 Å². The Bertz CT molecular complexity index is 132. The molecule has 1 rings (SSSR count). The van der Waals surface area contributed by atoms with Crippen LogP contribution in [0.5, 0.6) is 0 Å². The predicted molar refractivity (Wildman–Crippen MR) is 58.5 cm³/mol. The number of rotatable bonds is 8. The maximum atomic E-state index is 5.66. The molecule has 0 aromatic heterocycles. The predicted octanol–water partition coefficient (Wildman–Crippen LogP) is 3.01. The zero-order valence-corrected chi connectivity index (χ0v) is 9.63. The Hall–Kier alpha value is -0.0800. The lowest BCUT2D eigenvalue weighted by Gasteiger charge is -2.26. The maximum Gasteiger partial charge on any atom is 0.0830 e. The van der Waals surface area contributed by atoms with E-state index in [-0.39, 0.29) is 0 Å². The Kier molecular flexibility index (Phi) is 6.20. The van der Waals surface area contributed by atoms with Gasteiger partial charge >= 0.3 is 0 Å². The summed E-state index contributed by atoms with van der Waals surface area (Å²) in [6.45, 7) is 7.17. The molecule has 2 nitrogen and oxygen atoms in total. The summed E-state index contributed by atoms with van der Waals surface area (Å²) >= 11 is 0. The summed E-state index contributed by atoms with van der Waals surface area (Å²) in [4.78, 5) is 0. The Labute approximate surface area is 88.0 Å². The van der Waals surface area contributed by atoms with Crippen LogP contribution in [-0.4, -0.2) is 25.9 Å². The Morgan fingerprint density at radius 2 is 2.21 bits per heavy atom. The van der Waals surface area contributed by atoms with Gasteiger partial charge in [-0.2, -0.15) is 0 Å². The van der Waals surface area contributed by atoms with Crippen LogP contribution in [-0.2, 0) is 9.47 Å². The van der Waals surface area contributed by atoms with E-state index in [1.807, 2.05) is 0 Å². The van der Waals surface area contributed by atoms with Gasteiger partial charge in [-0.25, -0.2) is 0 Å². The molecule has 0 aromatic rings. The van der Waals surface area contributed by atoms with E-state index < -0.39 is 0 Å². The molecule has 14 heavy (non-hydrogen) atoms. The van der Waals surface area contributed by atoms with Gasteiger partial charge in [-0.3, -0.25) is 0 Å². The fourth-order valence-corrected chi connectivity index (χ4v) is 1.68. The highest BCUT2D eigenvalue weighted by Gasteiger charge is 2.18. The van der Waals surface area contributed by atoms with E-state index in [1.165, 1.54) is 32.1 Å². The fourth-order valence-electron chi connectivity index (χ4n) is 1.68. The van der Waals surface area contributed by atoms with Crippen LogP contribution in [0.15, 0.2) is 0 Å². The number of hydrogen-bond donors (Lipinski definition) is 0. The standard InChI is InChI=1S/C12H24O2/c1-3-5-6-11(4-2)9-13-10-12-7-8-14-12/h11-12H,3-10H2,1-2H3. The van der Waals surface area contributed by atoms with Gasteiger partial charge in [0.25, 0.3) is 0 Å². The molecule has 0 N–H and O–H groups in total. The normalized spacial score (nSPS) is 23.1. The molecule has 0 radical (unpaired) electrons. The second-order valence-electron chi connectivity index (χ2n) is 4.24. The van der Waals surface area contributed by atoms with Gasteiger partial charge in [-0.05, 0) is 18.8 Å². The molecule has 0 bridgehead atoms. The van der Waals surface area contributed by atoms with Crippen molar-refractivity contribution < 1.29 is 9.47 Å². The summed E-state index contributed by atoms with van der Waals surface area (Å²) < 4.78 is 11.0. The zero-order chi connectivity index (χ0) is 10.2. The third kappa shape index (κ3) is 4.43. The highest BCUT2D eigenvalue weighted by Crippen LogP contribution is 2.15. The minimum Gasteiger partial charge on any atom is -0.378 e. The van der Waals surface area contributed by atoms with Crippen molar-refractivity contribution in [3.05, 3.63) is 0 Å². The van der Waals surface area contributed by atoms with Crippen LogP contribution in [0.25, 0.3) is 0 Å². The maximum absolute atomic E-state index is 5.66. The quantitative estimate of drug-likeness (QED) is 0.599. The molecule has 0 aromatic carbocycles. The van der Waals surface area contributed by atoms with Gasteiger partial charge in [-0.15, -0.1) is 0 Å². The summed E-state index contributed by atoms with van der Waals surface area (Å²) in [5.41, 5.74) is 0. The molecule has 1 aliphatic heterocycles. The summed E-state index contributed by atoms with van der Waals surface area (Å²) in [6, 6.07) is 0. The van der Waals surface area contributed by atoms with Gasteiger partial charge in [0, 0.05) is 13.2 Å². The molecule has 84 valence electrons.